The second-order valence-corrected chi connectivity index (χ2v) is 10.1. The van der Waals surface area contributed by atoms with Crippen molar-refractivity contribution in [2.45, 2.75) is 58.7 Å². The van der Waals surface area contributed by atoms with Crippen molar-refractivity contribution in [1.29, 1.82) is 0 Å². The van der Waals surface area contributed by atoms with Gasteiger partial charge in [-0.05, 0) is 37.9 Å². The fourth-order valence-electron chi connectivity index (χ4n) is 0.912. The van der Waals surface area contributed by atoms with E-state index < -0.39 is 8.32 Å². The predicted molar refractivity (Wildman–Crippen MR) is 67.2 cm³/mol. The van der Waals surface area contributed by atoms with Crippen LogP contribution in [0.15, 0.2) is 12.2 Å². The molecule has 0 spiro atoms. The van der Waals surface area contributed by atoms with Crippen LogP contribution in [0.2, 0.25) is 18.1 Å². The van der Waals surface area contributed by atoms with Gasteiger partial charge in [0.25, 0.3) is 0 Å². The normalized spacial score (nSPS) is 13.9. The van der Waals surface area contributed by atoms with Crippen LogP contribution < -0.4 is 0 Å². The molecule has 0 saturated carbocycles. The van der Waals surface area contributed by atoms with E-state index in [9.17, 15) is 0 Å². The second-order valence-electron chi connectivity index (χ2n) is 5.32. The summed E-state index contributed by atoms with van der Waals surface area (Å²) in [4.78, 5) is 0. The molecule has 0 N–H and O–H groups in total. The van der Waals surface area contributed by atoms with Crippen molar-refractivity contribution in [1.82, 2.24) is 0 Å². The van der Waals surface area contributed by atoms with Crippen LogP contribution in [-0.2, 0) is 4.43 Å². The molecule has 0 aliphatic rings. The SMILES string of the molecule is CC=CCCCO[Si](C)(C)C(C)(C)C. The highest BCUT2D eigenvalue weighted by Gasteiger charge is 2.36. The summed E-state index contributed by atoms with van der Waals surface area (Å²) in [6.45, 7) is 14.4. The number of allylic oxidation sites excluding steroid dienone is 2. The van der Waals surface area contributed by atoms with Crippen LogP contribution in [0.4, 0.5) is 0 Å². The molecule has 14 heavy (non-hydrogen) atoms. The molecule has 0 atom stereocenters. The van der Waals surface area contributed by atoms with Gasteiger partial charge in [0.15, 0.2) is 8.32 Å². The first kappa shape index (κ1) is 13.9. The third kappa shape index (κ3) is 4.96. The molecule has 0 radical (unpaired) electrons. The van der Waals surface area contributed by atoms with E-state index in [0.29, 0.717) is 5.04 Å². The van der Waals surface area contributed by atoms with E-state index in [-0.39, 0.29) is 0 Å². The molecule has 0 heterocycles. The number of rotatable bonds is 5. The molecule has 0 unspecified atom stereocenters. The van der Waals surface area contributed by atoms with Crippen LogP contribution in [0, 0.1) is 0 Å². The van der Waals surface area contributed by atoms with Crippen LogP contribution in [0.1, 0.15) is 40.5 Å². The molecule has 0 rings (SSSR count). The topological polar surface area (TPSA) is 9.23 Å². The summed E-state index contributed by atoms with van der Waals surface area (Å²) in [5.41, 5.74) is 0. The van der Waals surface area contributed by atoms with Gasteiger partial charge in [-0.25, -0.2) is 0 Å². The van der Waals surface area contributed by atoms with Crippen LogP contribution in [0.25, 0.3) is 0 Å². The molecule has 0 aliphatic carbocycles. The quantitative estimate of drug-likeness (QED) is 0.375. The van der Waals surface area contributed by atoms with Gasteiger partial charge in [-0.15, -0.1) is 0 Å². The standard InChI is InChI=1S/C12H26OSi/c1-7-8-9-10-11-13-14(5,6)12(2,3)4/h7-8H,9-11H2,1-6H3. The summed E-state index contributed by atoms with van der Waals surface area (Å²) < 4.78 is 6.05. The fourth-order valence-corrected chi connectivity index (χ4v) is 2.00. The second kappa shape index (κ2) is 5.71. The zero-order chi connectivity index (χ0) is 11.2. The van der Waals surface area contributed by atoms with Crippen LogP contribution >= 0.6 is 0 Å². The lowest BCUT2D eigenvalue weighted by molar-refractivity contribution is 0.283. The maximum absolute atomic E-state index is 6.05. The highest BCUT2D eigenvalue weighted by molar-refractivity contribution is 6.74. The minimum Gasteiger partial charge on any atom is -0.417 e. The zero-order valence-electron chi connectivity index (χ0n) is 10.7. The molecule has 2 heteroatoms. The van der Waals surface area contributed by atoms with Crippen LogP contribution in [0.3, 0.4) is 0 Å². The first-order valence-electron chi connectivity index (χ1n) is 5.56. The highest BCUT2D eigenvalue weighted by Crippen LogP contribution is 2.36. The fraction of sp³-hybridized carbons (Fsp3) is 0.833. The van der Waals surface area contributed by atoms with Crippen molar-refractivity contribution in [2.24, 2.45) is 0 Å². The van der Waals surface area contributed by atoms with E-state index in [1.54, 1.807) is 0 Å². The smallest absolute Gasteiger partial charge is 0.191 e. The van der Waals surface area contributed by atoms with E-state index in [1.807, 2.05) is 0 Å². The Morgan fingerprint density at radius 1 is 1.21 bits per heavy atom. The summed E-state index contributed by atoms with van der Waals surface area (Å²) in [6.07, 6.45) is 6.60. The first-order chi connectivity index (χ1) is 6.31. The van der Waals surface area contributed by atoms with Crippen molar-refractivity contribution in [3.8, 4) is 0 Å². The van der Waals surface area contributed by atoms with E-state index >= 15 is 0 Å². The Hall–Kier alpha value is -0.0831. The largest absolute Gasteiger partial charge is 0.417 e. The summed E-state index contributed by atoms with van der Waals surface area (Å²) >= 11 is 0. The van der Waals surface area contributed by atoms with E-state index in [4.69, 9.17) is 4.43 Å². The van der Waals surface area contributed by atoms with Gasteiger partial charge in [0.2, 0.25) is 0 Å². The lowest BCUT2D eigenvalue weighted by Gasteiger charge is -2.36. The Kier molecular flexibility index (Phi) is 5.68. The lowest BCUT2D eigenvalue weighted by Crippen LogP contribution is -2.40. The molecule has 0 aromatic heterocycles. The number of hydrogen-bond donors (Lipinski definition) is 0. The Morgan fingerprint density at radius 2 is 1.79 bits per heavy atom. The Labute approximate surface area is 90.7 Å². The van der Waals surface area contributed by atoms with Crippen molar-refractivity contribution in [3.63, 3.8) is 0 Å². The van der Waals surface area contributed by atoms with Gasteiger partial charge in [0.05, 0.1) is 0 Å². The molecule has 0 fully saturated rings. The van der Waals surface area contributed by atoms with Gasteiger partial charge in [0.1, 0.15) is 0 Å². The van der Waals surface area contributed by atoms with Crippen LogP contribution in [0.5, 0.6) is 0 Å². The van der Waals surface area contributed by atoms with Crippen molar-refractivity contribution in [3.05, 3.63) is 12.2 Å². The summed E-state index contributed by atoms with van der Waals surface area (Å²) in [7, 11) is -1.49. The van der Waals surface area contributed by atoms with Crippen molar-refractivity contribution < 1.29 is 4.43 Å². The molecule has 0 aliphatic heterocycles. The number of unbranched alkanes of at least 4 members (excludes halogenated alkanes) is 1. The lowest BCUT2D eigenvalue weighted by atomic mass is 10.2. The maximum atomic E-state index is 6.05. The first-order valence-corrected chi connectivity index (χ1v) is 8.47. The minimum absolute atomic E-state index is 0.341. The summed E-state index contributed by atoms with van der Waals surface area (Å²) in [6, 6.07) is 0. The maximum Gasteiger partial charge on any atom is 0.191 e. The molecule has 0 aromatic rings. The van der Waals surface area contributed by atoms with Crippen molar-refractivity contribution in [2.75, 3.05) is 6.61 Å². The molecule has 0 aromatic carbocycles. The molecule has 0 bridgehead atoms. The van der Waals surface area contributed by atoms with Gasteiger partial charge in [-0.3, -0.25) is 0 Å². The molecular weight excluding hydrogens is 188 g/mol. The van der Waals surface area contributed by atoms with E-state index in [2.05, 4.69) is 52.9 Å². The number of hydrogen-bond acceptors (Lipinski definition) is 1. The summed E-state index contributed by atoms with van der Waals surface area (Å²) in [5.74, 6) is 0. The van der Waals surface area contributed by atoms with Gasteiger partial charge in [-0.2, -0.15) is 0 Å². The Bertz CT molecular complexity index is 177. The van der Waals surface area contributed by atoms with Crippen LogP contribution in [-0.4, -0.2) is 14.9 Å². The van der Waals surface area contributed by atoms with Gasteiger partial charge in [-0.1, -0.05) is 32.9 Å². The average Bonchev–Trinajstić information content (AvgIpc) is 2.02. The predicted octanol–water partition coefficient (Wildman–Crippen LogP) is 4.36. The Morgan fingerprint density at radius 3 is 2.21 bits per heavy atom. The average molecular weight is 214 g/mol. The third-order valence-electron chi connectivity index (χ3n) is 3.02. The molecule has 1 nitrogen and oxygen atoms in total. The minimum atomic E-state index is -1.49. The van der Waals surface area contributed by atoms with Gasteiger partial charge in [0, 0.05) is 6.61 Å². The molecule has 0 saturated heterocycles. The molecule has 0 amide bonds. The van der Waals surface area contributed by atoms with Gasteiger partial charge >= 0.3 is 0 Å². The molecular formula is C12H26OSi. The van der Waals surface area contributed by atoms with E-state index in [1.165, 1.54) is 0 Å². The van der Waals surface area contributed by atoms with Crippen molar-refractivity contribution >= 4 is 8.32 Å². The molecule has 84 valence electrons. The zero-order valence-corrected chi connectivity index (χ0v) is 11.7. The van der Waals surface area contributed by atoms with Gasteiger partial charge < -0.3 is 4.43 Å². The van der Waals surface area contributed by atoms with E-state index in [0.717, 1.165) is 19.4 Å². The third-order valence-corrected chi connectivity index (χ3v) is 7.56. The highest BCUT2D eigenvalue weighted by atomic mass is 28.4. The summed E-state index contributed by atoms with van der Waals surface area (Å²) in [5, 5.41) is 0.341. The Balaban J connectivity index is 3.77. The monoisotopic (exact) mass is 214 g/mol.